The van der Waals surface area contributed by atoms with Crippen LogP contribution in [0.3, 0.4) is 0 Å². The largest absolute Gasteiger partial charge is 0.469 e. The van der Waals surface area contributed by atoms with Crippen LogP contribution in [0, 0.1) is 5.92 Å². The lowest BCUT2D eigenvalue weighted by Crippen LogP contribution is -2.49. The van der Waals surface area contributed by atoms with E-state index in [0.29, 0.717) is 12.8 Å². The summed E-state index contributed by atoms with van der Waals surface area (Å²) in [7, 11) is -2.51. The van der Waals surface area contributed by atoms with Crippen molar-refractivity contribution in [3.8, 4) is 0 Å². The van der Waals surface area contributed by atoms with Crippen molar-refractivity contribution in [1.82, 2.24) is 9.03 Å². The minimum Gasteiger partial charge on any atom is -0.469 e. The molecular formula is C11H20N2O5S2. The molecule has 0 aromatic heterocycles. The molecule has 1 atom stereocenters. The van der Waals surface area contributed by atoms with Gasteiger partial charge in [0.05, 0.1) is 18.3 Å². The third-order valence-electron chi connectivity index (χ3n) is 3.28. The molecule has 1 amide bonds. The van der Waals surface area contributed by atoms with E-state index in [4.69, 9.17) is 0 Å². The van der Waals surface area contributed by atoms with Crippen molar-refractivity contribution in [3.63, 3.8) is 0 Å². The monoisotopic (exact) mass is 324 g/mol. The van der Waals surface area contributed by atoms with Gasteiger partial charge in [-0.1, -0.05) is 0 Å². The number of carbonyl (C=O) groups is 2. The Morgan fingerprint density at radius 2 is 1.90 bits per heavy atom. The first-order valence-corrected chi connectivity index (χ1v) is 8.97. The van der Waals surface area contributed by atoms with Crippen LogP contribution in [0.1, 0.15) is 19.8 Å². The molecule has 116 valence electrons. The Morgan fingerprint density at radius 3 is 2.35 bits per heavy atom. The molecule has 1 rings (SSSR count). The summed E-state index contributed by atoms with van der Waals surface area (Å²) in [6.07, 6.45) is 2.54. The molecule has 1 aliphatic heterocycles. The van der Waals surface area contributed by atoms with Gasteiger partial charge < -0.3 is 4.74 Å². The highest BCUT2D eigenvalue weighted by Gasteiger charge is 2.32. The maximum atomic E-state index is 12.0. The van der Waals surface area contributed by atoms with Crippen molar-refractivity contribution < 1.29 is 22.7 Å². The lowest BCUT2D eigenvalue weighted by Gasteiger charge is -2.29. The van der Waals surface area contributed by atoms with Crippen LogP contribution in [-0.2, 0) is 24.5 Å². The van der Waals surface area contributed by atoms with Crippen molar-refractivity contribution in [2.75, 3.05) is 26.5 Å². The molecule has 0 unspecified atom stereocenters. The lowest BCUT2D eigenvalue weighted by atomic mass is 9.99. The van der Waals surface area contributed by atoms with E-state index < -0.39 is 21.4 Å². The number of carbonyl (C=O) groups excluding carboxylic acids is 2. The van der Waals surface area contributed by atoms with Gasteiger partial charge in [0.25, 0.3) is 0 Å². The van der Waals surface area contributed by atoms with Crippen molar-refractivity contribution in [3.05, 3.63) is 0 Å². The highest BCUT2D eigenvalue weighted by atomic mass is 32.2. The van der Waals surface area contributed by atoms with Crippen LogP contribution in [0.4, 0.5) is 0 Å². The fraction of sp³-hybridized carbons (Fsp3) is 0.818. The quantitative estimate of drug-likeness (QED) is 0.715. The van der Waals surface area contributed by atoms with Crippen LogP contribution in [0.15, 0.2) is 0 Å². The molecule has 0 saturated carbocycles. The minimum atomic E-state index is -3.83. The number of amides is 1. The number of hydrogen-bond donors (Lipinski definition) is 1. The van der Waals surface area contributed by atoms with E-state index in [1.165, 1.54) is 23.2 Å². The molecule has 1 heterocycles. The second kappa shape index (κ2) is 7.28. The number of piperidine rings is 1. The Bertz CT molecular complexity index is 457. The molecule has 20 heavy (non-hydrogen) atoms. The maximum Gasteiger partial charge on any atom is 0.308 e. The zero-order chi connectivity index (χ0) is 15.3. The average Bonchev–Trinajstić information content (AvgIpc) is 2.45. The number of nitrogens with one attached hydrogen (secondary N) is 1. The molecule has 0 radical (unpaired) electrons. The molecule has 7 nitrogen and oxygen atoms in total. The topological polar surface area (TPSA) is 92.8 Å². The first-order chi connectivity index (χ1) is 9.31. The van der Waals surface area contributed by atoms with E-state index in [1.54, 1.807) is 13.2 Å². The lowest BCUT2D eigenvalue weighted by molar-refractivity contribution is -0.146. The third-order valence-corrected chi connectivity index (χ3v) is 5.71. The predicted molar refractivity (Wildman–Crippen MR) is 76.4 cm³/mol. The van der Waals surface area contributed by atoms with E-state index in [0.717, 1.165) is 0 Å². The Balaban J connectivity index is 2.59. The average molecular weight is 324 g/mol. The molecule has 9 heteroatoms. The molecule has 0 aliphatic carbocycles. The summed E-state index contributed by atoms with van der Waals surface area (Å²) in [5, 5.41) is -0.433. The molecule has 0 aromatic rings. The van der Waals surface area contributed by atoms with Crippen LogP contribution in [0.5, 0.6) is 0 Å². The van der Waals surface area contributed by atoms with Gasteiger partial charge in [-0.2, -0.15) is 24.5 Å². The van der Waals surface area contributed by atoms with Crippen molar-refractivity contribution >= 4 is 33.8 Å². The fourth-order valence-electron chi connectivity index (χ4n) is 1.88. The number of rotatable bonds is 5. The van der Waals surface area contributed by atoms with Gasteiger partial charge in [0, 0.05) is 13.1 Å². The first kappa shape index (κ1) is 17.3. The van der Waals surface area contributed by atoms with Crippen LogP contribution < -0.4 is 4.72 Å². The van der Waals surface area contributed by atoms with Gasteiger partial charge in [-0.15, -0.1) is 0 Å². The summed E-state index contributed by atoms with van der Waals surface area (Å²) < 4.78 is 32.0. The standard InChI is InChI=1S/C11H20N2O5S2/c1-8(19-3)10(14)12-20(16,17)13-6-4-9(5-7-13)11(15)18-2/h8-9H,4-7H2,1-3H3,(H,12,14)/t8-/m1/s1. The number of thioether (sulfide) groups is 1. The summed E-state index contributed by atoms with van der Waals surface area (Å²) in [5.74, 6) is -1.12. The number of ether oxygens (including phenoxy) is 1. The van der Waals surface area contributed by atoms with Gasteiger partial charge in [0.2, 0.25) is 5.91 Å². The zero-order valence-electron chi connectivity index (χ0n) is 11.8. The van der Waals surface area contributed by atoms with Crippen molar-refractivity contribution in [1.29, 1.82) is 0 Å². The number of hydrogen-bond acceptors (Lipinski definition) is 6. The van der Waals surface area contributed by atoms with E-state index >= 15 is 0 Å². The zero-order valence-corrected chi connectivity index (χ0v) is 13.4. The summed E-state index contributed by atoms with van der Waals surface area (Å²) in [6, 6.07) is 0. The van der Waals surface area contributed by atoms with Crippen LogP contribution in [0.2, 0.25) is 0 Å². The molecule has 1 aliphatic rings. The number of esters is 1. The second-order valence-electron chi connectivity index (χ2n) is 4.55. The number of methoxy groups -OCH3 is 1. The minimum absolute atomic E-state index is 0.204. The highest BCUT2D eigenvalue weighted by Crippen LogP contribution is 2.20. The van der Waals surface area contributed by atoms with Gasteiger partial charge in [-0.05, 0) is 26.0 Å². The van der Waals surface area contributed by atoms with Gasteiger partial charge >= 0.3 is 16.2 Å². The number of nitrogens with zero attached hydrogens (tertiary/aromatic N) is 1. The SMILES string of the molecule is COC(=O)C1CCN(S(=O)(=O)NC(=O)[C@@H](C)SC)CC1. The molecule has 1 N–H and O–H groups in total. The maximum absolute atomic E-state index is 12.0. The van der Waals surface area contributed by atoms with Crippen LogP contribution in [-0.4, -0.2) is 56.3 Å². The Hall–Kier alpha value is -0.800. The van der Waals surface area contributed by atoms with Crippen molar-refractivity contribution in [2.24, 2.45) is 5.92 Å². The third kappa shape index (κ3) is 4.35. The molecule has 1 fully saturated rings. The fourth-order valence-corrected chi connectivity index (χ4v) is 3.48. The van der Waals surface area contributed by atoms with Gasteiger partial charge in [-0.3, -0.25) is 9.59 Å². The summed E-state index contributed by atoms with van der Waals surface area (Å²) >= 11 is 1.27. The Labute approximate surface area is 123 Å². The molecular weight excluding hydrogens is 304 g/mol. The van der Waals surface area contributed by atoms with E-state index in [1.807, 2.05) is 0 Å². The van der Waals surface area contributed by atoms with E-state index in [2.05, 4.69) is 9.46 Å². The second-order valence-corrected chi connectivity index (χ2v) is 7.39. The van der Waals surface area contributed by atoms with Crippen LogP contribution >= 0.6 is 11.8 Å². The Morgan fingerprint density at radius 1 is 1.35 bits per heavy atom. The van der Waals surface area contributed by atoms with Gasteiger partial charge in [0.15, 0.2) is 0 Å². The molecule has 0 aromatic carbocycles. The van der Waals surface area contributed by atoms with Gasteiger partial charge in [-0.25, -0.2) is 4.72 Å². The summed E-state index contributed by atoms with van der Waals surface area (Å²) in [5.41, 5.74) is 0. The van der Waals surface area contributed by atoms with Crippen molar-refractivity contribution in [2.45, 2.75) is 25.0 Å². The Kier molecular flexibility index (Phi) is 6.28. The van der Waals surface area contributed by atoms with E-state index in [-0.39, 0.29) is 25.0 Å². The highest BCUT2D eigenvalue weighted by molar-refractivity contribution is 8.00. The molecule has 0 spiro atoms. The van der Waals surface area contributed by atoms with Gasteiger partial charge in [0.1, 0.15) is 0 Å². The molecule has 1 saturated heterocycles. The summed E-state index contributed by atoms with van der Waals surface area (Å²) in [4.78, 5) is 23.0. The van der Waals surface area contributed by atoms with Crippen LogP contribution in [0.25, 0.3) is 0 Å². The van der Waals surface area contributed by atoms with E-state index in [9.17, 15) is 18.0 Å². The summed E-state index contributed by atoms with van der Waals surface area (Å²) in [6.45, 7) is 2.05. The molecule has 0 bridgehead atoms. The normalized spacial score (nSPS) is 19.4. The smallest absolute Gasteiger partial charge is 0.308 e. The predicted octanol–water partition coefficient (Wildman–Crippen LogP) is -0.0161. The first-order valence-electron chi connectivity index (χ1n) is 6.24.